The topological polar surface area (TPSA) is 81.9 Å². The summed E-state index contributed by atoms with van der Waals surface area (Å²) in [4.78, 5) is 24.9. The molecule has 2 N–H and O–H groups in total. The summed E-state index contributed by atoms with van der Waals surface area (Å²) in [6.07, 6.45) is 1.41. The van der Waals surface area contributed by atoms with Gasteiger partial charge in [0.15, 0.2) is 0 Å². The standard InChI is InChI=1S/C15H20N2O4/c1-20-10-6-7-13(21-2)11(8-10)12(16)9-17-14(18)4-3-5-15(17)19/h6-8,12H,3-5,9,16H2,1-2H3. The number of nitrogens with two attached hydrogens (primary N) is 1. The van der Waals surface area contributed by atoms with E-state index in [1.165, 1.54) is 4.90 Å². The van der Waals surface area contributed by atoms with E-state index < -0.39 is 6.04 Å². The Bertz CT molecular complexity index is 528. The Morgan fingerprint density at radius 3 is 2.43 bits per heavy atom. The number of piperidine rings is 1. The van der Waals surface area contributed by atoms with Gasteiger partial charge in [-0.3, -0.25) is 14.5 Å². The maximum absolute atomic E-state index is 11.8. The second-order valence-corrected chi connectivity index (χ2v) is 4.97. The number of carbonyl (C=O) groups is 2. The van der Waals surface area contributed by atoms with Crippen molar-refractivity contribution >= 4 is 11.8 Å². The van der Waals surface area contributed by atoms with E-state index in [1.807, 2.05) is 0 Å². The van der Waals surface area contributed by atoms with Gasteiger partial charge in [0.1, 0.15) is 11.5 Å². The molecule has 21 heavy (non-hydrogen) atoms. The lowest BCUT2D eigenvalue weighted by Crippen LogP contribution is -2.44. The summed E-state index contributed by atoms with van der Waals surface area (Å²) in [5.74, 6) is 0.935. The van der Waals surface area contributed by atoms with Crippen LogP contribution in [0.2, 0.25) is 0 Å². The van der Waals surface area contributed by atoms with Crippen molar-refractivity contribution in [2.24, 2.45) is 5.73 Å². The first-order valence-corrected chi connectivity index (χ1v) is 6.87. The molecule has 1 saturated heterocycles. The highest BCUT2D eigenvalue weighted by Gasteiger charge is 2.28. The van der Waals surface area contributed by atoms with Gasteiger partial charge < -0.3 is 15.2 Å². The zero-order valence-electron chi connectivity index (χ0n) is 12.3. The average molecular weight is 292 g/mol. The van der Waals surface area contributed by atoms with Crippen molar-refractivity contribution in [1.82, 2.24) is 4.90 Å². The molecule has 1 aromatic carbocycles. The highest BCUT2D eigenvalue weighted by atomic mass is 16.5. The smallest absolute Gasteiger partial charge is 0.229 e. The Labute approximate surface area is 123 Å². The monoisotopic (exact) mass is 292 g/mol. The SMILES string of the molecule is COc1ccc(OC)c(C(N)CN2C(=O)CCCC2=O)c1. The summed E-state index contributed by atoms with van der Waals surface area (Å²) in [6, 6.07) is 4.78. The quantitative estimate of drug-likeness (QED) is 0.826. The highest BCUT2D eigenvalue weighted by molar-refractivity contribution is 5.97. The van der Waals surface area contributed by atoms with Crippen LogP contribution in [0.5, 0.6) is 11.5 Å². The van der Waals surface area contributed by atoms with Crippen LogP contribution in [0, 0.1) is 0 Å². The molecule has 114 valence electrons. The Balaban J connectivity index is 2.20. The van der Waals surface area contributed by atoms with Crippen LogP contribution >= 0.6 is 0 Å². The Morgan fingerprint density at radius 1 is 1.19 bits per heavy atom. The maximum atomic E-state index is 11.8. The van der Waals surface area contributed by atoms with Crippen LogP contribution in [0.3, 0.4) is 0 Å². The molecule has 1 heterocycles. The molecule has 1 unspecified atom stereocenters. The minimum atomic E-state index is -0.513. The Hall–Kier alpha value is -2.08. The number of benzene rings is 1. The van der Waals surface area contributed by atoms with Gasteiger partial charge in [-0.25, -0.2) is 0 Å². The van der Waals surface area contributed by atoms with Crippen LogP contribution in [-0.4, -0.2) is 37.5 Å². The van der Waals surface area contributed by atoms with Crippen molar-refractivity contribution in [3.05, 3.63) is 23.8 Å². The number of amides is 2. The van der Waals surface area contributed by atoms with E-state index in [0.29, 0.717) is 36.3 Å². The molecule has 1 fully saturated rings. The largest absolute Gasteiger partial charge is 0.497 e. The first kappa shape index (κ1) is 15.3. The van der Waals surface area contributed by atoms with Gasteiger partial charge in [0, 0.05) is 24.9 Å². The lowest BCUT2D eigenvalue weighted by atomic mass is 10.0. The van der Waals surface area contributed by atoms with E-state index in [1.54, 1.807) is 32.4 Å². The molecule has 1 aliphatic rings. The fraction of sp³-hybridized carbons (Fsp3) is 0.467. The van der Waals surface area contributed by atoms with Crippen molar-refractivity contribution in [2.45, 2.75) is 25.3 Å². The number of carbonyl (C=O) groups excluding carboxylic acids is 2. The van der Waals surface area contributed by atoms with Gasteiger partial charge in [0.2, 0.25) is 11.8 Å². The van der Waals surface area contributed by atoms with Gasteiger partial charge in [-0.2, -0.15) is 0 Å². The summed E-state index contributed by atoms with van der Waals surface area (Å²) >= 11 is 0. The zero-order chi connectivity index (χ0) is 15.4. The van der Waals surface area contributed by atoms with Gasteiger partial charge in [0.25, 0.3) is 0 Å². The third kappa shape index (κ3) is 3.33. The third-order valence-corrected chi connectivity index (χ3v) is 3.60. The molecule has 1 aromatic rings. The van der Waals surface area contributed by atoms with Crippen molar-refractivity contribution in [3.63, 3.8) is 0 Å². The third-order valence-electron chi connectivity index (χ3n) is 3.60. The molecular weight excluding hydrogens is 272 g/mol. The predicted octanol–water partition coefficient (Wildman–Crippen LogP) is 1.24. The van der Waals surface area contributed by atoms with Gasteiger partial charge in [0.05, 0.1) is 20.3 Å². The van der Waals surface area contributed by atoms with Crippen molar-refractivity contribution in [2.75, 3.05) is 20.8 Å². The predicted molar refractivity (Wildman–Crippen MR) is 77.0 cm³/mol. The van der Waals surface area contributed by atoms with E-state index in [0.717, 1.165) is 0 Å². The second kappa shape index (κ2) is 6.58. The molecule has 0 aromatic heterocycles. The van der Waals surface area contributed by atoms with Crippen LogP contribution in [-0.2, 0) is 9.59 Å². The minimum Gasteiger partial charge on any atom is -0.497 e. The van der Waals surface area contributed by atoms with Crippen molar-refractivity contribution < 1.29 is 19.1 Å². The van der Waals surface area contributed by atoms with E-state index in [-0.39, 0.29) is 18.4 Å². The van der Waals surface area contributed by atoms with Crippen LogP contribution in [0.25, 0.3) is 0 Å². The number of nitrogens with zero attached hydrogens (tertiary/aromatic N) is 1. The van der Waals surface area contributed by atoms with Crippen molar-refractivity contribution in [3.8, 4) is 11.5 Å². The summed E-state index contributed by atoms with van der Waals surface area (Å²) < 4.78 is 10.5. The van der Waals surface area contributed by atoms with Gasteiger partial charge in [-0.05, 0) is 24.6 Å². The summed E-state index contributed by atoms with van der Waals surface area (Å²) in [7, 11) is 3.12. The number of methoxy groups -OCH3 is 2. The number of hydrogen-bond acceptors (Lipinski definition) is 5. The fourth-order valence-electron chi connectivity index (χ4n) is 2.43. The molecule has 0 bridgehead atoms. The van der Waals surface area contributed by atoms with Crippen molar-refractivity contribution in [1.29, 1.82) is 0 Å². The summed E-state index contributed by atoms with van der Waals surface area (Å²) in [5, 5.41) is 0. The maximum Gasteiger partial charge on any atom is 0.229 e. The second-order valence-electron chi connectivity index (χ2n) is 4.97. The normalized spacial score (nSPS) is 16.8. The molecule has 0 spiro atoms. The minimum absolute atomic E-state index is 0.154. The molecule has 0 radical (unpaired) electrons. The molecule has 1 atom stereocenters. The van der Waals surface area contributed by atoms with Crippen LogP contribution < -0.4 is 15.2 Å². The number of likely N-dealkylation sites (tertiary alicyclic amines) is 1. The molecule has 6 nitrogen and oxygen atoms in total. The van der Waals surface area contributed by atoms with Crippen LogP contribution in [0.15, 0.2) is 18.2 Å². The van der Waals surface area contributed by atoms with E-state index in [4.69, 9.17) is 15.2 Å². The summed E-state index contributed by atoms with van der Waals surface area (Å²) in [6.45, 7) is 0.154. The van der Waals surface area contributed by atoms with E-state index >= 15 is 0 Å². The van der Waals surface area contributed by atoms with Crippen LogP contribution in [0.4, 0.5) is 0 Å². The fourth-order valence-corrected chi connectivity index (χ4v) is 2.43. The molecule has 0 aliphatic carbocycles. The highest BCUT2D eigenvalue weighted by Crippen LogP contribution is 2.29. The number of imide groups is 1. The number of hydrogen-bond donors (Lipinski definition) is 1. The molecule has 6 heteroatoms. The van der Waals surface area contributed by atoms with Gasteiger partial charge >= 0.3 is 0 Å². The molecule has 2 rings (SSSR count). The summed E-state index contributed by atoms with van der Waals surface area (Å²) in [5.41, 5.74) is 6.88. The molecular formula is C15H20N2O4. The Morgan fingerprint density at radius 2 is 1.86 bits per heavy atom. The number of rotatable bonds is 5. The lowest BCUT2D eigenvalue weighted by molar-refractivity contribution is -0.148. The zero-order valence-corrected chi connectivity index (χ0v) is 12.3. The van der Waals surface area contributed by atoms with Gasteiger partial charge in [-0.15, -0.1) is 0 Å². The lowest BCUT2D eigenvalue weighted by Gasteiger charge is -2.28. The van der Waals surface area contributed by atoms with E-state index in [9.17, 15) is 9.59 Å². The molecule has 1 aliphatic heterocycles. The first-order valence-electron chi connectivity index (χ1n) is 6.87. The Kier molecular flexibility index (Phi) is 4.80. The van der Waals surface area contributed by atoms with E-state index in [2.05, 4.69) is 0 Å². The first-order chi connectivity index (χ1) is 10.1. The number of ether oxygens (including phenoxy) is 2. The van der Waals surface area contributed by atoms with Crippen LogP contribution in [0.1, 0.15) is 30.9 Å². The van der Waals surface area contributed by atoms with Gasteiger partial charge in [-0.1, -0.05) is 0 Å². The molecule has 2 amide bonds. The average Bonchev–Trinajstić information content (AvgIpc) is 2.50. The molecule has 0 saturated carbocycles.